The highest BCUT2D eigenvalue weighted by Gasteiger charge is 2.29. The largest absolute Gasteiger partial charge is 0.860 e. The SMILES string of the molecule is CC[NH2+]CC.Cc1cc(O)c(C(c2ccccc2)c2c([O-])n(C)c(=O)n(C)c2=O)c(=O)o1. The van der Waals surface area contributed by atoms with Crippen LogP contribution in [-0.2, 0) is 14.1 Å². The van der Waals surface area contributed by atoms with Crippen LogP contribution in [-0.4, -0.2) is 27.3 Å². The number of benzene rings is 1. The highest BCUT2D eigenvalue weighted by molar-refractivity contribution is 5.49. The number of nitrogens with zero attached hydrogens (tertiary/aromatic N) is 2. The number of aryl methyl sites for hydroxylation is 1. The van der Waals surface area contributed by atoms with Gasteiger partial charge in [0.1, 0.15) is 11.5 Å². The van der Waals surface area contributed by atoms with Crippen molar-refractivity contribution in [3.05, 3.63) is 90.1 Å². The summed E-state index contributed by atoms with van der Waals surface area (Å²) < 4.78 is 6.66. The van der Waals surface area contributed by atoms with Gasteiger partial charge in [0.2, 0.25) is 0 Å². The molecular weight excluding hydrogens is 414 g/mol. The van der Waals surface area contributed by atoms with Gasteiger partial charge in [0.15, 0.2) is 0 Å². The number of rotatable bonds is 5. The van der Waals surface area contributed by atoms with Gasteiger partial charge < -0.3 is 24.5 Å². The third-order valence-corrected chi connectivity index (χ3v) is 5.02. The molecule has 0 amide bonds. The Balaban J connectivity index is 0.000000654. The first kappa shape index (κ1) is 24.7. The topological polar surface area (TPSA) is 134 Å². The molecule has 0 aliphatic heterocycles. The molecule has 9 heteroatoms. The van der Waals surface area contributed by atoms with Crippen molar-refractivity contribution in [2.45, 2.75) is 26.7 Å². The van der Waals surface area contributed by atoms with Gasteiger partial charge in [0.05, 0.1) is 24.6 Å². The van der Waals surface area contributed by atoms with E-state index >= 15 is 0 Å². The van der Waals surface area contributed by atoms with Gasteiger partial charge >= 0.3 is 11.3 Å². The molecule has 3 rings (SSSR count). The van der Waals surface area contributed by atoms with Crippen LogP contribution in [0.2, 0.25) is 0 Å². The molecule has 0 bridgehead atoms. The molecule has 0 saturated carbocycles. The Kier molecular flexibility index (Phi) is 8.20. The second-order valence-electron chi connectivity index (χ2n) is 7.32. The molecule has 0 radical (unpaired) electrons. The fraction of sp³-hybridized carbons (Fsp3) is 0.348. The summed E-state index contributed by atoms with van der Waals surface area (Å²) in [6.07, 6.45) is 0. The van der Waals surface area contributed by atoms with Crippen molar-refractivity contribution in [3.8, 4) is 11.6 Å². The Labute approximate surface area is 185 Å². The van der Waals surface area contributed by atoms with Crippen molar-refractivity contribution in [1.29, 1.82) is 0 Å². The van der Waals surface area contributed by atoms with E-state index in [1.165, 1.54) is 40.2 Å². The second-order valence-corrected chi connectivity index (χ2v) is 7.32. The summed E-state index contributed by atoms with van der Waals surface area (Å²) in [6, 6.07) is 9.55. The van der Waals surface area contributed by atoms with E-state index < -0.39 is 34.4 Å². The Morgan fingerprint density at radius 1 is 1.03 bits per heavy atom. The smallest absolute Gasteiger partial charge is 0.343 e. The van der Waals surface area contributed by atoms with Crippen LogP contribution in [0.15, 0.2) is 55.2 Å². The number of quaternary nitrogens is 1. The molecule has 0 aliphatic rings. The lowest BCUT2D eigenvalue weighted by atomic mass is 9.86. The first-order chi connectivity index (χ1) is 15.1. The van der Waals surface area contributed by atoms with Gasteiger partial charge in [-0.25, -0.2) is 9.59 Å². The maximum absolute atomic E-state index is 12.8. The Morgan fingerprint density at radius 3 is 2.12 bits per heavy atom. The van der Waals surface area contributed by atoms with Crippen molar-refractivity contribution in [2.75, 3.05) is 13.1 Å². The zero-order chi connectivity index (χ0) is 24.0. The predicted molar refractivity (Wildman–Crippen MR) is 118 cm³/mol. The van der Waals surface area contributed by atoms with E-state index in [2.05, 4.69) is 19.2 Å². The van der Waals surface area contributed by atoms with Crippen LogP contribution in [0.1, 0.15) is 42.2 Å². The maximum Gasteiger partial charge on any atom is 0.343 e. The van der Waals surface area contributed by atoms with Crippen molar-refractivity contribution < 1.29 is 19.9 Å². The molecule has 2 heterocycles. The van der Waals surface area contributed by atoms with Gasteiger partial charge in [-0.2, -0.15) is 0 Å². The van der Waals surface area contributed by atoms with Crippen LogP contribution >= 0.6 is 0 Å². The Hall–Kier alpha value is -3.59. The maximum atomic E-state index is 12.8. The van der Waals surface area contributed by atoms with Crippen molar-refractivity contribution in [2.24, 2.45) is 14.1 Å². The summed E-state index contributed by atoms with van der Waals surface area (Å²) in [6.45, 7) is 8.24. The first-order valence-electron chi connectivity index (χ1n) is 10.3. The molecule has 1 atom stereocenters. The van der Waals surface area contributed by atoms with E-state index in [0.29, 0.717) is 5.56 Å². The zero-order valence-electron chi connectivity index (χ0n) is 18.9. The number of hydrogen-bond donors (Lipinski definition) is 2. The van der Waals surface area contributed by atoms with Crippen molar-refractivity contribution >= 4 is 0 Å². The molecule has 9 nitrogen and oxygen atoms in total. The van der Waals surface area contributed by atoms with Gasteiger partial charge in [0.25, 0.3) is 5.56 Å². The fourth-order valence-electron chi connectivity index (χ4n) is 3.38. The van der Waals surface area contributed by atoms with E-state index in [4.69, 9.17) is 4.42 Å². The molecule has 3 aromatic rings. The first-order valence-corrected chi connectivity index (χ1v) is 10.3. The highest BCUT2D eigenvalue weighted by Crippen LogP contribution is 2.35. The van der Waals surface area contributed by atoms with E-state index in [0.717, 1.165) is 9.13 Å². The van der Waals surface area contributed by atoms with Crippen LogP contribution in [0.25, 0.3) is 0 Å². The molecule has 0 fully saturated rings. The molecule has 1 unspecified atom stereocenters. The third-order valence-electron chi connectivity index (χ3n) is 5.02. The van der Waals surface area contributed by atoms with Gasteiger partial charge in [-0.05, 0) is 32.2 Å². The van der Waals surface area contributed by atoms with Gasteiger partial charge in [-0.3, -0.25) is 9.36 Å². The normalized spacial score (nSPS) is 11.5. The number of hydrogen-bond acceptors (Lipinski definition) is 6. The predicted octanol–water partition coefficient (Wildman–Crippen LogP) is -0.105. The lowest BCUT2D eigenvalue weighted by Gasteiger charge is -2.25. The standard InChI is InChI=1S/C19H18N2O6.C4H11N/c1-10-9-12(22)14(18(25)27-10)13(11-7-5-4-6-8-11)15-16(23)20(2)19(26)21(3)17(15)24;1-3-5-4-2/h4-9,13,22-23H,1-3H3;5H,3-4H2,1-2H3. The molecule has 2 aromatic heterocycles. The second kappa shape index (κ2) is 10.6. The molecular formula is C23H29N3O6. The highest BCUT2D eigenvalue weighted by atomic mass is 16.4. The molecule has 1 aromatic carbocycles. The van der Waals surface area contributed by atoms with Crippen molar-refractivity contribution in [3.63, 3.8) is 0 Å². The minimum Gasteiger partial charge on any atom is -0.860 e. The molecule has 0 saturated heterocycles. The number of nitrogens with two attached hydrogens (primary N) is 1. The van der Waals surface area contributed by atoms with Crippen LogP contribution < -0.4 is 27.3 Å². The lowest BCUT2D eigenvalue weighted by Crippen LogP contribution is -2.82. The summed E-state index contributed by atoms with van der Waals surface area (Å²) >= 11 is 0. The fourth-order valence-corrected chi connectivity index (χ4v) is 3.38. The molecule has 3 N–H and O–H groups in total. The molecule has 0 spiro atoms. The van der Waals surface area contributed by atoms with Crippen LogP contribution in [0.4, 0.5) is 0 Å². The van der Waals surface area contributed by atoms with Gasteiger partial charge in [-0.1, -0.05) is 30.3 Å². The van der Waals surface area contributed by atoms with E-state index in [9.17, 15) is 24.6 Å². The monoisotopic (exact) mass is 443 g/mol. The minimum absolute atomic E-state index is 0.184. The average molecular weight is 444 g/mol. The lowest BCUT2D eigenvalue weighted by molar-refractivity contribution is -0.648. The average Bonchev–Trinajstić information content (AvgIpc) is 2.76. The van der Waals surface area contributed by atoms with Gasteiger partial charge in [0, 0.05) is 25.7 Å². The third kappa shape index (κ3) is 5.00. The van der Waals surface area contributed by atoms with E-state index in [1.54, 1.807) is 30.3 Å². The summed E-state index contributed by atoms with van der Waals surface area (Å²) in [5.41, 5.74) is -2.61. The summed E-state index contributed by atoms with van der Waals surface area (Å²) in [5.74, 6) is -2.24. The Morgan fingerprint density at radius 2 is 1.62 bits per heavy atom. The summed E-state index contributed by atoms with van der Waals surface area (Å²) in [7, 11) is 2.49. The minimum atomic E-state index is -1.19. The number of aromatic nitrogens is 2. The quantitative estimate of drug-likeness (QED) is 0.565. The van der Waals surface area contributed by atoms with E-state index in [-0.39, 0.29) is 16.9 Å². The van der Waals surface area contributed by atoms with Crippen LogP contribution in [0.5, 0.6) is 11.6 Å². The summed E-state index contributed by atoms with van der Waals surface area (Å²) in [4.78, 5) is 37.3. The number of aromatic hydroxyl groups is 1. The van der Waals surface area contributed by atoms with Crippen molar-refractivity contribution in [1.82, 2.24) is 9.13 Å². The van der Waals surface area contributed by atoms with Crippen LogP contribution in [0.3, 0.4) is 0 Å². The van der Waals surface area contributed by atoms with E-state index in [1.807, 2.05) is 0 Å². The Bertz CT molecular complexity index is 1240. The molecule has 172 valence electrons. The van der Waals surface area contributed by atoms with Crippen LogP contribution in [0, 0.1) is 6.92 Å². The molecule has 0 aliphatic carbocycles. The summed E-state index contributed by atoms with van der Waals surface area (Å²) in [5, 5.41) is 25.4. The van der Waals surface area contributed by atoms with Gasteiger partial charge in [-0.15, -0.1) is 0 Å². The molecule has 32 heavy (non-hydrogen) atoms. The zero-order valence-corrected chi connectivity index (χ0v) is 18.9.